The maximum absolute atomic E-state index is 10.5. The summed E-state index contributed by atoms with van der Waals surface area (Å²) in [5.74, 6) is 1.27. The van der Waals surface area contributed by atoms with E-state index in [0.29, 0.717) is 5.92 Å². The highest BCUT2D eigenvalue weighted by Crippen LogP contribution is 2.38. The van der Waals surface area contributed by atoms with Gasteiger partial charge in [-0.1, -0.05) is 47.8 Å². The number of aliphatic hydroxyl groups is 1. The van der Waals surface area contributed by atoms with Crippen molar-refractivity contribution in [2.75, 3.05) is 0 Å². The zero-order valence-electron chi connectivity index (χ0n) is 10.6. The fraction of sp³-hybridized carbons (Fsp3) is 0.600. The molecule has 1 atom stereocenters. The first kappa shape index (κ1) is 13.1. The van der Waals surface area contributed by atoms with E-state index >= 15 is 0 Å². The number of rotatable bonds is 2. The van der Waals surface area contributed by atoms with Gasteiger partial charge in [0, 0.05) is 4.47 Å². The minimum Gasteiger partial charge on any atom is -0.388 e. The molecule has 1 nitrogen and oxygen atoms in total. The molecular formula is C15H21BrO. The molecule has 0 aliphatic heterocycles. The molecule has 1 aliphatic carbocycles. The third-order valence-corrected chi connectivity index (χ3v) is 4.67. The van der Waals surface area contributed by atoms with Gasteiger partial charge in [-0.3, -0.25) is 0 Å². The van der Waals surface area contributed by atoms with Crippen LogP contribution in [-0.4, -0.2) is 5.11 Å². The molecule has 0 radical (unpaired) electrons. The van der Waals surface area contributed by atoms with Crippen LogP contribution in [-0.2, 0) is 0 Å². The Hall–Kier alpha value is -0.340. The molecule has 0 aromatic heterocycles. The summed E-state index contributed by atoms with van der Waals surface area (Å²) in [6.45, 7) is 4.38. The highest BCUT2D eigenvalue weighted by molar-refractivity contribution is 9.10. The van der Waals surface area contributed by atoms with Crippen LogP contribution in [0.25, 0.3) is 0 Å². The van der Waals surface area contributed by atoms with Crippen molar-refractivity contribution in [3.8, 4) is 0 Å². The normalized spacial score (nSPS) is 26.8. The van der Waals surface area contributed by atoms with Gasteiger partial charge in [0.1, 0.15) is 0 Å². The highest BCUT2D eigenvalue weighted by atomic mass is 79.9. The molecule has 1 saturated carbocycles. The van der Waals surface area contributed by atoms with Crippen molar-refractivity contribution in [2.45, 2.75) is 45.6 Å². The average molecular weight is 297 g/mol. The molecule has 0 amide bonds. The molecular weight excluding hydrogens is 276 g/mol. The lowest BCUT2D eigenvalue weighted by atomic mass is 9.78. The maximum Gasteiger partial charge on any atom is 0.0829 e. The van der Waals surface area contributed by atoms with E-state index < -0.39 is 0 Å². The van der Waals surface area contributed by atoms with Gasteiger partial charge >= 0.3 is 0 Å². The Morgan fingerprint density at radius 1 is 1.24 bits per heavy atom. The Labute approximate surface area is 112 Å². The number of halogens is 1. The standard InChI is InChI=1S/C15H21BrO/c1-10-3-6-12(7-4-10)15(17)13-8-5-11(2)9-14(13)16/h5,8-10,12,15,17H,3-4,6-7H2,1-2H3. The van der Waals surface area contributed by atoms with Gasteiger partial charge in [-0.05, 0) is 48.8 Å². The molecule has 1 aromatic carbocycles. The second-order valence-electron chi connectivity index (χ2n) is 5.49. The van der Waals surface area contributed by atoms with Crippen LogP contribution in [0.2, 0.25) is 0 Å². The van der Waals surface area contributed by atoms with Gasteiger partial charge in [0.25, 0.3) is 0 Å². The summed E-state index contributed by atoms with van der Waals surface area (Å²) in [5, 5.41) is 10.5. The molecule has 2 rings (SSSR count). The van der Waals surface area contributed by atoms with Crippen LogP contribution in [0.4, 0.5) is 0 Å². The number of hydrogen-bond donors (Lipinski definition) is 1. The third kappa shape index (κ3) is 3.11. The van der Waals surface area contributed by atoms with Crippen molar-refractivity contribution in [2.24, 2.45) is 11.8 Å². The van der Waals surface area contributed by atoms with E-state index in [0.717, 1.165) is 28.8 Å². The number of aryl methyl sites for hydroxylation is 1. The van der Waals surface area contributed by atoms with Gasteiger partial charge < -0.3 is 5.11 Å². The summed E-state index contributed by atoms with van der Waals surface area (Å²) in [7, 11) is 0. The minimum atomic E-state index is -0.308. The summed E-state index contributed by atoms with van der Waals surface area (Å²) in [6, 6.07) is 6.22. The average Bonchev–Trinajstić information content (AvgIpc) is 2.29. The first-order chi connectivity index (χ1) is 8.08. The van der Waals surface area contributed by atoms with Gasteiger partial charge in [-0.25, -0.2) is 0 Å². The zero-order chi connectivity index (χ0) is 12.4. The Morgan fingerprint density at radius 3 is 2.47 bits per heavy atom. The largest absolute Gasteiger partial charge is 0.388 e. The second kappa shape index (κ2) is 5.53. The highest BCUT2D eigenvalue weighted by Gasteiger charge is 2.26. The molecule has 17 heavy (non-hydrogen) atoms. The fourth-order valence-corrected chi connectivity index (χ4v) is 3.46. The second-order valence-corrected chi connectivity index (χ2v) is 6.34. The van der Waals surface area contributed by atoms with E-state index in [1.54, 1.807) is 0 Å². The zero-order valence-corrected chi connectivity index (χ0v) is 12.2. The van der Waals surface area contributed by atoms with Crippen molar-refractivity contribution in [3.05, 3.63) is 33.8 Å². The van der Waals surface area contributed by atoms with Gasteiger partial charge in [-0.15, -0.1) is 0 Å². The first-order valence-electron chi connectivity index (χ1n) is 6.52. The van der Waals surface area contributed by atoms with Crippen LogP contribution in [0.1, 0.15) is 49.8 Å². The Morgan fingerprint density at radius 2 is 1.88 bits per heavy atom. The smallest absolute Gasteiger partial charge is 0.0829 e. The van der Waals surface area contributed by atoms with Crippen molar-refractivity contribution in [1.82, 2.24) is 0 Å². The first-order valence-corrected chi connectivity index (χ1v) is 7.31. The number of benzene rings is 1. The van der Waals surface area contributed by atoms with Crippen LogP contribution >= 0.6 is 15.9 Å². The van der Waals surface area contributed by atoms with Gasteiger partial charge in [0.2, 0.25) is 0 Å². The Kier molecular flexibility index (Phi) is 4.26. The fourth-order valence-electron chi connectivity index (χ4n) is 2.73. The summed E-state index contributed by atoms with van der Waals surface area (Å²) in [5.41, 5.74) is 2.28. The lowest BCUT2D eigenvalue weighted by Gasteiger charge is -2.30. The van der Waals surface area contributed by atoms with E-state index in [4.69, 9.17) is 0 Å². The SMILES string of the molecule is Cc1ccc(C(O)C2CCC(C)CC2)c(Br)c1. The molecule has 0 spiro atoms. The Bertz CT molecular complexity index is 381. The molecule has 94 valence electrons. The molecule has 1 unspecified atom stereocenters. The van der Waals surface area contributed by atoms with Crippen LogP contribution in [0.15, 0.2) is 22.7 Å². The molecule has 1 N–H and O–H groups in total. The predicted molar refractivity (Wildman–Crippen MR) is 75.0 cm³/mol. The molecule has 1 aromatic rings. The topological polar surface area (TPSA) is 20.2 Å². The van der Waals surface area contributed by atoms with Crippen LogP contribution in [0.5, 0.6) is 0 Å². The predicted octanol–water partition coefficient (Wildman–Crippen LogP) is 4.62. The minimum absolute atomic E-state index is 0.308. The third-order valence-electron chi connectivity index (χ3n) is 3.98. The van der Waals surface area contributed by atoms with Gasteiger partial charge in [0.15, 0.2) is 0 Å². The van der Waals surface area contributed by atoms with Gasteiger partial charge in [-0.2, -0.15) is 0 Å². The quantitative estimate of drug-likeness (QED) is 0.844. The van der Waals surface area contributed by atoms with Crippen molar-refractivity contribution in [1.29, 1.82) is 0 Å². The van der Waals surface area contributed by atoms with Crippen LogP contribution in [0, 0.1) is 18.8 Å². The van der Waals surface area contributed by atoms with Crippen LogP contribution < -0.4 is 0 Å². The molecule has 0 bridgehead atoms. The molecule has 2 heteroatoms. The van der Waals surface area contributed by atoms with E-state index in [2.05, 4.69) is 48.0 Å². The maximum atomic E-state index is 10.5. The van der Waals surface area contributed by atoms with E-state index in [1.165, 1.54) is 18.4 Å². The molecule has 0 heterocycles. The number of hydrogen-bond acceptors (Lipinski definition) is 1. The summed E-state index contributed by atoms with van der Waals surface area (Å²) >= 11 is 3.57. The lowest BCUT2D eigenvalue weighted by molar-refractivity contribution is 0.0750. The monoisotopic (exact) mass is 296 g/mol. The number of aliphatic hydroxyl groups excluding tert-OH is 1. The van der Waals surface area contributed by atoms with Gasteiger partial charge in [0.05, 0.1) is 6.10 Å². The molecule has 0 saturated heterocycles. The lowest BCUT2D eigenvalue weighted by Crippen LogP contribution is -2.19. The Balaban J connectivity index is 2.11. The summed E-state index contributed by atoms with van der Waals surface area (Å²) < 4.78 is 1.05. The molecule has 1 aliphatic rings. The van der Waals surface area contributed by atoms with E-state index in [9.17, 15) is 5.11 Å². The summed E-state index contributed by atoms with van der Waals surface area (Å²) in [6.07, 6.45) is 4.51. The summed E-state index contributed by atoms with van der Waals surface area (Å²) in [4.78, 5) is 0. The van der Waals surface area contributed by atoms with Crippen molar-refractivity contribution >= 4 is 15.9 Å². The van der Waals surface area contributed by atoms with Crippen LogP contribution in [0.3, 0.4) is 0 Å². The van der Waals surface area contributed by atoms with Crippen molar-refractivity contribution < 1.29 is 5.11 Å². The molecule has 1 fully saturated rings. The van der Waals surface area contributed by atoms with Crippen molar-refractivity contribution in [3.63, 3.8) is 0 Å². The van der Waals surface area contributed by atoms with E-state index in [1.807, 2.05) is 0 Å². The van der Waals surface area contributed by atoms with E-state index in [-0.39, 0.29) is 6.10 Å².